The monoisotopic (exact) mass is 475 g/mol. The highest BCUT2D eigenvalue weighted by Gasteiger charge is 2.30. The van der Waals surface area contributed by atoms with Crippen LogP contribution in [0, 0.1) is 6.92 Å². The van der Waals surface area contributed by atoms with Crippen LogP contribution in [0.15, 0.2) is 18.2 Å². The molecule has 2 aromatic rings. The number of carbonyl (C=O) groups excluding carboxylic acids is 3. The van der Waals surface area contributed by atoms with Gasteiger partial charge in [0, 0.05) is 0 Å². The number of benzene rings is 1. The van der Waals surface area contributed by atoms with Gasteiger partial charge in [-0.3, -0.25) is 4.79 Å². The van der Waals surface area contributed by atoms with E-state index in [9.17, 15) is 14.4 Å². The van der Waals surface area contributed by atoms with Crippen molar-refractivity contribution in [3.8, 4) is 11.5 Å². The minimum atomic E-state index is -0.620. The molecule has 1 aromatic heterocycles. The Bertz CT molecular complexity index is 1000. The molecule has 0 unspecified atom stereocenters. The van der Waals surface area contributed by atoms with Crippen molar-refractivity contribution >= 4 is 34.2 Å². The van der Waals surface area contributed by atoms with Crippen molar-refractivity contribution in [2.45, 2.75) is 52.1 Å². The molecule has 1 fully saturated rings. The van der Waals surface area contributed by atoms with Crippen LogP contribution in [0.25, 0.3) is 0 Å². The van der Waals surface area contributed by atoms with Gasteiger partial charge in [-0.05, 0) is 57.2 Å². The molecular weight excluding hydrogens is 446 g/mol. The molecule has 1 aromatic carbocycles. The van der Waals surface area contributed by atoms with Gasteiger partial charge in [-0.15, -0.1) is 11.3 Å². The predicted molar refractivity (Wildman–Crippen MR) is 125 cm³/mol. The molecular formula is C24H29NO7S. The number of ether oxygens (including phenoxy) is 4. The van der Waals surface area contributed by atoms with E-state index in [2.05, 4.69) is 5.32 Å². The van der Waals surface area contributed by atoms with E-state index in [1.165, 1.54) is 14.2 Å². The molecule has 9 heteroatoms. The van der Waals surface area contributed by atoms with E-state index in [4.69, 9.17) is 18.9 Å². The van der Waals surface area contributed by atoms with Gasteiger partial charge < -0.3 is 24.3 Å². The molecule has 1 heterocycles. The smallest absolute Gasteiger partial charge is 0.348 e. The molecule has 1 amide bonds. The van der Waals surface area contributed by atoms with Crippen molar-refractivity contribution in [2.75, 3.05) is 26.1 Å². The van der Waals surface area contributed by atoms with Crippen LogP contribution in [0.3, 0.4) is 0 Å². The molecule has 0 atom stereocenters. The average molecular weight is 476 g/mol. The summed E-state index contributed by atoms with van der Waals surface area (Å²) in [6.07, 6.45) is 4.72. The van der Waals surface area contributed by atoms with Gasteiger partial charge in [0.2, 0.25) is 0 Å². The van der Waals surface area contributed by atoms with Crippen LogP contribution in [0.1, 0.15) is 75.0 Å². The van der Waals surface area contributed by atoms with Crippen LogP contribution in [-0.2, 0) is 9.47 Å². The van der Waals surface area contributed by atoms with Gasteiger partial charge in [-0.1, -0.05) is 12.5 Å². The Kier molecular flexibility index (Phi) is 8.32. The van der Waals surface area contributed by atoms with Crippen molar-refractivity contribution < 1.29 is 33.3 Å². The molecule has 0 saturated heterocycles. The third kappa shape index (κ3) is 5.47. The second-order valence-electron chi connectivity index (χ2n) is 7.64. The number of anilines is 1. The van der Waals surface area contributed by atoms with E-state index >= 15 is 0 Å². The van der Waals surface area contributed by atoms with Crippen LogP contribution in [0.2, 0.25) is 0 Å². The Morgan fingerprint density at radius 2 is 1.64 bits per heavy atom. The molecule has 1 aliphatic rings. The van der Waals surface area contributed by atoms with E-state index < -0.39 is 17.8 Å². The highest BCUT2D eigenvalue weighted by Crippen LogP contribution is 2.37. The summed E-state index contributed by atoms with van der Waals surface area (Å²) < 4.78 is 21.5. The van der Waals surface area contributed by atoms with Crippen LogP contribution >= 0.6 is 11.3 Å². The maximum absolute atomic E-state index is 13.2. The van der Waals surface area contributed by atoms with Crippen LogP contribution in [-0.4, -0.2) is 44.8 Å². The minimum Gasteiger partial charge on any atom is -0.496 e. The highest BCUT2D eigenvalue weighted by molar-refractivity contribution is 7.18. The largest absolute Gasteiger partial charge is 0.496 e. The SMILES string of the molecule is CCOC(=O)c1c(NC(=O)c2c(OC)cccc2OC)sc(C(=O)OC2CCCCC2)c1C. The summed E-state index contributed by atoms with van der Waals surface area (Å²) in [6.45, 7) is 3.50. The topological polar surface area (TPSA) is 100 Å². The van der Waals surface area contributed by atoms with Gasteiger partial charge in [-0.25, -0.2) is 9.59 Å². The van der Waals surface area contributed by atoms with E-state index in [-0.39, 0.29) is 33.7 Å². The van der Waals surface area contributed by atoms with Crippen LogP contribution in [0.4, 0.5) is 5.00 Å². The van der Waals surface area contributed by atoms with Crippen LogP contribution in [0.5, 0.6) is 11.5 Å². The Labute approximate surface area is 197 Å². The molecule has 0 spiro atoms. The molecule has 1 saturated carbocycles. The third-order valence-electron chi connectivity index (χ3n) is 5.52. The first-order valence-electron chi connectivity index (χ1n) is 10.9. The zero-order valence-electron chi connectivity index (χ0n) is 19.3. The molecule has 8 nitrogen and oxygen atoms in total. The number of hydrogen-bond donors (Lipinski definition) is 1. The normalized spacial score (nSPS) is 13.8. The van der Waals surface area contributed by atoms with Crippen molar-refractivity contribution in [3.63, 3.8) is 0 Å². The van der Waals surface area contributed by atoms with E-state index in [1.807, 2.05) is 0 Å². The van der Waals surface area contributed by atoms with E-state index in [0.717, 1.165) is 43.4 Å². The average Bonchev–Trinajstić information content (AvgIpc) is 3.14. The maximum Gasteiger partial charge on any atom is 0.348 e. The lowest BCUT2D eigenvalue weighted by Gasteiger charge is -2.21. The second-order valence-corrected chi connectivity index (χ2v) is 8.66. The predicted octanol–water partition coefficient (Wildman–Crippen LogP) is 4.99. The lowest BCUT2D eigenvalue weighted by atomic mass is 9.98. The number of hydrogen-bond acceptors (Lipinski definition) is 8. The summed E-state index contributed by atoms with van der Waals surface area (Å²) in [7, 11) is 2.90. The number of carbonyl (C=O) groups is 3. The van der Waals surface area contributed by atoms with E-state index in [0.29, 0.717) is 17.1 Å². The first-order chi connectivity index (χ1) is 15.9. The minimum absolute atomic E-state index is 0.130. The summed E-state index contributed by atoms with van der Waals surface area (Å²) in [6, 6.07) is 4.97. The van der Waals surface area contributed by atoms with Gasteiger partial charge in [-0.2, -0.15) is 0 Å². The van der Waals surface area contributed by atoms with Crippen molar-refractivity contribution in [1.29, 1.82) is 0 Å². The Morgan fingerprint density at radius 1 is 1.00 bits per heavy atom. The molecule has 1 aliphatic carbocycles. The van der Waals surface area contributed by atoms with Gasteiger partial charge in [0.25, 0.3) is 5.91 Å². The maximum atomic E-state index is 13.2. The summed E-state index contributed by atoms with van der Waals surface area (Å²) >= 11 is 0.998. The second kappa shape index (κ2) is 11.2. The lowest BCUT2D eigenvalue weighted by molar-refractivity contribution is 0.0216. The summed E-state index contributed by atoms with van der Waals surface area (Å²) in [5, 5.41) is 2.95. The van der Waals surface area contributed by atoms with Gasteiger partial charge in [0.05, 0.1) is 26.4 Å². The number of rotatable bonds is 8. The van der Waals surface area contributed by atoms with Gasteiger partial charge >= 0.3 is 11.9 Å². The number of methoxy groups -OCH3 is 2. The molecule has 0 aliphatic heterocycles. The number of amides is 1. The van der Waals surface area contributed by atoms with Gasteiger partial charge in [0.15, 0.2) is 0 Å². The van der Waals surface area contributed by atoms with Crippen molar-refractivity contribution in [1.82, 2.24) is 0 Å². The highest BCUT2D eigenvalue weighted by atomic mass is 32.1. The number of esters is 2. The summed E-state index contributed by atoms with van der Waals surface area (Å²) in [4.78, 5) is 39.1. The summed E-state index contributed by atoms with van der Waals surface area (Å²) in [5.41, 5.74) is 0.732. The fourth-order valence-corrected chi connectivity index (χ4v) is 4.95. The fourth-order valence-electron chi connectivity index (χ4n) is 3.87. The number of thiophene rings is 1. The molecule has 3 rings (SSSR count). The molecule has 178 valence electrons. The first kappa shape index (κ1) is 24.6. The number of nitrogens with one attached hydrogen (secondary N) is 1. The van der Waals surface area contributed by atoms with E-state index in [1.54, 1.807) is 32.0 Å². The lowest BCUT2D eigenvalue weighted by Crippen LogP contribution is -2.21. The van der Waals surface area contributed by atoms with Crippen molar-refractivity contribution in [2.24, 2.45) is 0 Å². The molecule has 1 N–H and O–H groups in total. The first-order valence-corrected chi connectivity index (χ1v) is 11.8. The summed E-state index contributed by atoms with van der Waals surface area (Å²) in [5.74, 6) is -1.02. The third-order valence-corrected chi connectivity index (χ3v) is 6.71. The Balaban J connectivity index is 1.95. The van der Waals surface area contributed by atoms with Crippen molar-refractivity contribution in [3.05, 3.63) is 39.8 Å². The molecule has 0 radical (unpaired) electrons. The van der Waals surface area contributed by atoms with Crippen LogP contribution < -0.4 is 14.8 Å². The Morgan fingerprint density at radius 3 is 2.21 bits per heavy atom. The standard InChI is InChI=1S/C24H29NO7S/c1-5-31-23(27)18-14(2)20(24(28)32-15-10-7-6-8-11-15)33-22(18)25-21(26)19-16(29-3)12-9-13-17(19)30-4/h9,12-13,15H,5-8,10-11H2,1-4H3,(H,25,26). The molecule has 0 bridgehead atoms. The fraction of sp³-hybridized carbons (Fsp3) is 0.458. The molecule has 33 heavy (non-hydrogen) atoms. The van der Waals surface area contributed by atoms with Gasteiger partial charge in [0.1, 0.15) is 33.0 Å². The zero-order chi connectivity index (χ0) is 24.0. The Hall–Kier alpha value is -3.07. The zero-order valence-corrected chi connectivity index (χ0v) is 20.1. The quantitative estimate of drug-likeness (QED) is 0.537.